The number of benzene rings is 2. The van der Waals surface area contributed by atoms with E-state index in [4.69, 9.17) is 21.1 Å². The Morgan fingerprint density at radius 1 is 1.14 bits per heavy atom. The summed E-state index contributed by atoms with van der Waals surface area (Å²) >= 11 is 6.44. The molecule has 1 saturated heterocycles. The van der Waals surface area contributed by atoms with Crippen molar-refractivity contribution >= 4 is 35.0 Å². The van der Waals surface area contributed by atoms with Gasteiger partial charge in [0.1, 0.15) is 30.4 Å². The van der Waals surface area contributed by atoms with Gasteiger partial charge in [0.2, 0.25) is 5.91 Å². The summed E-state index contributed by atoms with van der Waals surface area (Å²) in [4.78, 5) is 36.5. The van der Waals surface area contributed by atoms with Gasteiger partial charge in [0.25, 0.3) is 5.91 Å². The average Bonchev–Trinajstić information content (AvgIpc) is 3.35. The molecule has 0 aliphatic carbocycles. The van der Waals surface area contributed by atoms with E-state index >= 15 is 0 Å². The number of hydrazine groups is 1. The summed E-state index contributed by atoms with van der Waals surface area (Å²) in [5, 5.41) is 0.311. The van der Waals surface area contributed by atoms with E-state index in [-0.39, 0.29) is 37.6 Å². The smallest absolute Gasteiger partial charge is 0.259 e. The number of nitrogens with zero attached hydrogens (tertiary/aromatic N) is 3. The van der Waals surface area contributed by atoms with Crippen LogP contribution in [-0.4, -0.2) is 67.8 Å². The van der Waals surface area contributed by atoms with Crippen LogP contribution in [0, 0.1) is 0 Å². The number of carbonyl (C=O) groups excluding carboxylic acids is 2. The molecule has 2 aliphatic rings. The number of nitrogens with one attached hydrogen (secondary N) is 2. The maximum Gasteiger partial charge on any atom is 0.259 e. The molecule has 2 aromatic carbocycles. The molecule has 0 aromatic heterocycles. The molecular weight excluding hydrogens is 470 g/mol. The molecule has 184 valence electrons. The Morgan fingerprint density at radius 3 is 2.77 bits per heavy atom. The molecule has 1 fully saturated rings. The Bertz CT molecular complexity index is 1120. The molecule has 2 amide bonds. The minimum atomic E-state index is -0.278. The van der Waals surface area contributed by atoms with Gasteiger partial charge in [0.05, 0.1) is 29.8 Å². The zero-order valence-electron chi connectivity index (χ0n) is 19.5. The van der Waals surface area contributed by atoms with Crippen LogP contribution < -0.4 is 15.6 Å². The highest BCUT2D eigenvalue weighted by molar-refractivity contribution is 6.34. The highest BCUT2D eigenvalue weighted by Gasteiger charge is 2.32. The molecule has 0 spiro atoms. The molecule has 1 atom stereocenters. The van der Waals surface area contributed by atoms with Crippen LogP contribution in [0.4, 0.5) is 0 Å². The molecule has 4 rings (SSSR count). The van der Waals surface area contributed by atoms with Gasteiger partial charge >= 0.3 is 0 Å². The van der Waals surface area contributed by atoms with Crippen molar-refractivity contribution in [3.8, 4) is 5.75 Å². The fraction of sp³-hybridized carbons (Fsp3) is 0.360. The molecule has 2 aliphatic heterocycles. The van der Waals surface area contributed by atoms with Crippen molar-refractivity contribution in [2.45, 2.75) is 25.3 Å². The number of hydrogen-bond donors (Lipinski definition) is 2. The van der Waals surface area contributed by atoms with Crippen LogP contribution >= 0.6 is 11.6 Å². The maximum atomic E-state index is 13.4. The molecule has 9 nitrogen and oxygen atoms in total. The number of carbonyl (C=O) groups is 2. The molecule has 0 radical (unpaired) electrons. The summed E-state index contributed by atoms with van der Waals surface area (Å²) < 4.78 is 11.3. The topological polar surface area (TPSA) is 105 Å². The molecule has 2 heterocycles. The third kappa shape index (κ3) is 6.17. The summed E-state index contributed by atoms with van der Waals surface area (Å²) in [6, 6.07) is 14.6. The Hall–Kier alpha value is -3.43. The minimum Gasteiger partial charge on any atom is -0.487 e. The van der Waals surface area contributed by atoms with Crippen LogP contribution in [0.5, 0.6) is 5.75 Å². The van der Waals surface area contributed by atoms with Gasteiger partial charge in [-0.2, -0.15) is 0 Å². The average molecular weight is 498 g/mol. The number of amidine groups is 1. The summed E-state index contributed by atoms with van der Waals surface area (Å²) in [6.07, 6.45) is 1.81. The highest BCUT2D eigenvalue weighted by Crippen LogP contribution is 2.31. The minimum absolute atomic E-state index is 0.00298. The molecular formula is C25H28ClN5O4. The predicted molar refractivity (Wildman–Crippen MR) is 134 cm³/mol. The Balaban J connectivity index is 1.50. The summed E-state index contributed by atoms with van der Waals surface area (Å²) in [6.45, 7) is 1.25. The van der Waals surface area contributed by atoms with Crippen molar-refractivity contribution in [3.05, 3.63) is 64.7 Å². The second kappa shape index (κ2) is 11.8. The third-order valence-corrected chi connectivity index (χ3v) is 6.15. The molecule has 35 heavy (non-hydrogen) atoms. The first-order valence-corrected chi connectivity index (χ1v) is 11.8. The first-order chi connectivity index (χ1) is 17.1. The van der Waals surface area contributed by atoms with Crippen LogP contribution in [-0.2, 0) is 9.53 Å². The van der Waals surface area contributed by atoms with Crippen LogP contribution in [0.1, 0.15) is 35.2 Å². The number of amides is 2. The van der Waals surface area contributed by atoms with Crippen LogP contribution in [0.2, 0.25) is 5.02 Å². The second-order valence-corrected chi connectivity index (χ2v) is 8.65. The molecule has 0 saturated carbocycles. The summed E-state index contributed by atoms with van der Waals surface area (Å²) in [5.41, 5.74) is 7.13. The van der Waals surface area contributed by atoms with E-state index in [1.165, 1.54) is 0 Å². The van der Waals surface area contributed by atoms with Gasteiger partial charge in [0.15, 0.2) is 0 Å². The monoisotopic (exact) mass is 497 g/mol. The number of rotatable bonds is 7. The van der Waals surface area contributed by atoms with Gasteiger partial charge in [-0.1, -0.05) is 48.0 Å². The normalized spacial score (nSPS) is 18.4. The van der Waals surface area contributed by atoms with Crippen molar-refractivity contribution < 1.29 is 19.1 Å². The molecule has 2 aromatic rings. The van der Waals surface area contributed by atoms with Crippen molar-refractivity contribution in [2.75, 3.05) is 33.5 Å². The standard InChI is InChI=1S/C25H28ClN5O4/c1-34-15-19-9-6-12-31(19)25(33)23-20(26)10-5-11-21(23)35-14-18-13-22(32)29-30-24(28-16-27-18)17-7-3-2-4-8-17/h2-5,7-8,10-11,19H,6,9,12-16H2,1H3,(H,28,30)(H,29,32). The Morgan fingerprint density at radius 2 is 1.97 bits per heavy atom. The van der Waals surface area contributed by atoms with Gasteiger partial charge in [-0.25, -0.2) is 4.99 Å². The Labute approximate surface area is 209 Å². The summed E-state index contributed by atoms with van der Waals surface area (Å²) in [7, 11) is 1.63. The van der Waals surface area contributed by atoms with E-state index in [9.17, 15) is 9.59 Å². The second-order valence-electron chi connectivity index (χ2n) is 8.24. The van der Waals surface area contributed by atoms with Crippen LogP contribution in [0.25, 0.3) is 0 Å². The van der Waals surface area contributed by atoms with E-state index in [0.29, 0.717) is 41.0 Å². The van der Waals surface area contributed by atoms with Gasteiger partial charge in [-0.15, -0.1) is 0 Å². The van der Waals surface area contributed by atoms with Gasteiger partial charge < -0.3 is 14.4 Å². The largest absolute Gasteiger partial charge is 0.487 e. The molecule has 1 unspecified atom stereocenters. The van der Waals surface area contributed by atoms with Crippen molar-refractivity contribution in [2.24, 2.45) is 9.98 Å². The van der Waals surface area contributed by atoms with Crippen molar-refractivity contribution in [1.82, 2.24) is 15.8 Å². The number of hydrogen-bond acceptors (Lipinski definition) is 7. The number of likely N-dealkylation sites (tertiary alicyclic amines) is 1. The lowest BCUT2D eigenvalue weighted by atomic mass is 10.1. The van der Waals surface area contributed by atoms with Crippen LogP contribution in [0.15, 0.2) is 58.5 Å². The van der Waals surface area contributed by atoms with E-state index in [2.05, 4.69) is 20.8 Å². The zero-order valence-corrected chi connectivity index (χ0v) is 20.3. The first kappa shape index (κ1) is 24.7. The lowest BCUT2D eigenvalue weighted by Crippen LogP contribution is -2.42. The van der Waals surface area contributed by atoms with Gasteiger partial charge in [-0.05, 0) is 25.0 Å². The number of halogens is 1. The zero-order chi connectivity index (χ0) is 24.6. The van der Waals surface area contributed by atoms with E-state index in [1.54, 1.807) is 30.2 Å². The SMILES string of the molecule is COCC1CCCN1C(=O)c1c(Cl)cccc1OCC1=NCN=C(c2ccccc2)NNC(=O)C1. The lowest BCUT2D eigenvalue weighted by Gasteiger charge is -2.25. The van der Waals surface area contributed by atoms with Crippen LogP contribution in [0.3, 0.4) is 0 Å². The number of ether oxygens (including phenoxy) is 2. The van der Waals surface area contributed by atoms with E-state index in [0.717, 1.165) is 18.4 Å². The van der Waals surface area contributed by atoms with E-state index < -0.39 is 0 Å². The van der Waals surface area contributed by atoms with Gasteiger partial charge in [-0.3, -0.25) is 25.4 Å². The molecule has 10 heteroatoms. The summed E-state index contributed by atoms with van der Waals surface area (Å²) in [5.74, 6) is 0.393. The Kier molecular flexibility index (Phi) is 8.33. The fourth-order valence-electron chi connectivity index (χ4n) is 4.12. The van der Waals surface area contributed by atoms with Gasteiger partial charge in [0, 0.05) is 19.2 Å². The predicted octanol–water partition coefficient (Wildman–Crippen LogP) is 2.84. The first-order valence-electron chi connectivity index (χ1n) is 11.4. The highest BCUT2D eigenvalue weighted by atomic mass is 35.5. The van der Waals surface area contributed by atoms with Crippen molar-refractivity contribution in [1.29, 1.82) is 0 Å². The number of aliphatic imine (C=N–C) groups is 2. The molecule has 0 bridgehead atoms. The third-order valence-electron chi connectivity index (χ3n) is 5.84. The van der Waals surface area contributed by atoms with Crippen molar-refractivity contribution in [3.63, 3.8) is 0 Å². The fourth-order valence-corrected chi connectivity index (χ4v) is 4.37. The number of methoxy groups -OCH3 is 1. The lowest BCUT2D eigenvalue weighted by molar-refractivity contribution is -0.120. The van der Waals surface area contributed by atoms with E-state index in [1.807, 2.05) is 30.3 Å². The maximum absolute atomic E-state index is 13.4. The molecule has 2 N–H and O–H groups in total. The quantitative estimate of drug-likeness (QED) is 0.612.